The van der Waals surface area contributed by atoms with E-state index in [1.54, 1.807) is 12.1 Å². The number of Topliss-reactive ketones (excluding diaryl/α,β-unsaturated/α-hetero) is 1. The van der Waals surface area contributed by atoms with Crippen molar-refractivity contribution in [3.8, 4) is 0 Å². The number of hydrogen-bond acceptors (Lipinski definition) is 5. The lowest BCUT2D eigenvalue weighted by Crippen LogP contribution is -2.58. The first-order valence-electron chi connectivity index (χ1n) is 11.2. The van der Waals surface area contributed by atoms with Gasteiger partial charge in [0, 0.05) is 11.8 Å². The lowest BCUT2D eigenvalue weighted by atomic mass is 9.53. The Morgan fingerprint density at radius 3 is 2.34 bits per heavy atom. The maximum absolute atomic E-state index is 14.6. The monoisotopic (exact) mass is 469 g/mol. The molecule has 9 heteroatoms. The summed E-state index contributed by atoms with van der Waals surface area (Å²) in [4.78, 5) is 24.5. The number of esters is 1. The summed E-state index contributed by atoms with van der Waals surface area (Å²) in [6.45, 7) is 2.64. The third-order valence-corrected chi connectivity index (χ3v) is 8.82. The molecule has 4 fully saturated rings. The number of rotatable bonds is 8. The van der Waals surface area contributed by atoms with Crippen LogP contribution in [0.1, 0.15) is 63.9 Å². The summed E-state index contributed by atoms with van der Waals surface area (Å²) in [6.07, 6.45) is 3.42. The number of halogens is 2. The topological polar surface area (TPSA) is 89.5 Å². The molecule has 32 heavy (non-hydrogen) atoms. The van der Waals surface area contributed by atoms with Gasteiger partial charge < -0.3 is 4.74 Å². The van der Waals surface area contributed by atoms with Crippen LogP contribution in [0.5, 0.6) is 0 Å². The molecule has 3 unspecified atom stereocenters. The summed E-state index contributed by atoms with van der Waals surface area (Å²) in [5.41, 5.74) is -0.0790. The van der Waals surface area contributed by atoms with Gasteiger partial charge in [0.2, 0.25) is 10.0 Å². The number of carbonyl (C=O) groups is 2. The lowest BCUT2D eigenvalue weighted by molar-refractivity contribution is -0.208. The van der Waals surface area contributed by atoms with Gasteiger partial charge in [0.1, 0.15) is 11.4 Å². The molecule has 1 N–H and O–H groups in total. The molecular formula is C23H29F2NO5S. The number of nitrogens with one attached hydrogen (secondary N) is 1. The number of carbonyl (C=O) groups excluding carboxylic acids is 2. The van der Waals surface area contributed by atoms with E-state index in [1.165, 1.54) is 12.1 Å². The minimum Gasteiger partial charge on any atom is -0.455 e. The molecular weight excluding hydrogens is 440 g/mol. The third kappa shape index (κ3) is 4.33. The number of hydrogen-bond donors (Lipinski definition) is 1. The number of ketones is 1. The van der Waals surface area contributed by atoms with Crippen molar-refractivity contribution in [2.75, 3.05) is 6.54 Å². The van der Waals surface area contributed by atoms with Crippen LogP contribution in [0.15, 0.2) is 29.2 Å². The third-order valence-electron chi connectivity index (χ3n) is 7.40. The SMILES string of the molecule is CCC(C)c1ccc(S(=O)(=O)NCC(F)(F)C(=O)OC23CC4CC(C2)C(=O)C(C4)C3)cc1. The van der Waals surface area contributed by atoms with Crippen molar-refractivity contribution in [2.24, 2.45) is 17.8 Å². The highest BCUT2D eigenvalue weighted by Gasteiger charge is 2.58. The molecule has 1 aromatic carbocycles. The average Bonchev–Trinajstić information content (AvgIpc) is 2.75. The second kappa shape index (κ2) is 8.17. The van der Waals surface area contributed by atoms with Crippen LogP contribution in [-0.2, 0) is 24.3 Å². The Hall–Kier alpha value is -1.87. The second-order valence-electron chi connectivity index (χ2n) is 9.73. The number of alkyl halides is 2. The van der Waals surface area contributed by atoms with Crippen molar-refractivity contribution >= 4 is 21.8 Å². The van der Waals surface area contributed by atoms with E-state index in [0.29, 0.717) is 6.42 Å². The van der Waals surface area contributed by atoms with Gasteiger partial charge in [-0.3, -0.25) is 4.79 Å². The first-order valence-corrected chi connectivity index (χ1v) is 12.7. The van der Waals surface area contributed by atoms with Gasteiger partial charge in [0.15, 0.2) is 0 Å². The van der Waals surface area contributed by atoms with Crippen LogP contribution in [0.2, 0.25) is 0 Å². The maximum Gasteiger partial charge on any atom is 0.378 e. The van der Waals surface area contributed by atoms with Crippen LogP contribution < -0.4 is 4.72 Å². The van der Waals surface area contributed by atoms with Crippen molar-refractivity contribution in [3.05, 3.63) is 29.8 Å². The molecule has 1 aromatic rings. The molecule has 6 nitrogen and oxygen atoms in total. The molecule has 0 aromatic heterocycles. The van der Waals surface area contributed by atoms with E-state index in [2.05, 4.69) is 0 Å². The van der Waals surface area contributed by atoms with Crippen molar-refractivity contribution in [2.45, 2.75) is 74.7 Å². The summed E-state index contributed by atoms with van der Waals surface area (Å²) in [5, 5.41) is 0. The van der Waals surface area contributed by atoms with Gasteiger partial charge in [0.05, 0.1) is 11.4 Å². The van der Waals surface area contributed by atoms with Crippen LogP contribution in [-0.4, -0.2) is 38.2 Å². The van der Waals surface area contributed by atoms with E-state index in [9.17, 15) is 26.8 Å². The van der Waals surface area contributed by atoms with E-state index < -0.39 is 34.1 Å². The van der Waals surface area contributed by atoms with Crippen LogP contribution in [0.3, 0.4) is 0 Å². The predicted molar refractivity (Wildman–Crippen MR) is 113 cm³/mol. The zero-order valence-electron chi connectivity index (χ0n) is 18.3. The fraction of sp³-hybridized carbons (Fsp3) is 0.652. The molecule has 0 aliphatic heterocycles. The normalized spacial score (nSPS) is 30.4. The number of sulfonamides is 1. The quantitative estimate of drug-likeness (QED) is 0.585. The van der Waals surface area contributed by atoms with Crippen molar-refractivity contribution in [1.29, 1.82) is 0 Å². The maximum atomic E-state index is 14.6. The van der Waals surface area contributed by atoms with Crippen LogP contribution >= 0.6 is 0 Å². The van der Waals surface area contributed by atoms with Gasteiger partial charge in [-0.05, 0) is 68.1 Å². The molecule has 0 amide bonds. The van der Waals surface area contributed by atoms with E-state index in [1.807, 2.05) is 18.6 Å². The lowest BCUT2D eigenvalue weighted by Gasteiger charge is -2.54. The Labute approximate surface area is 187 Å². The Bertz CT molecular complexity index is 990. The van der Waals surface area contributed by atoms with E-state index in [4.69, 9.17) is 4.74 Å². The van der Waals surface area contributed by atoms with Gasteiger partial charge in [-0.1, -0.05) is 26.0 Å². The molecule has 0 heterocycles. The number of ether oxygens (including phenoxy) is 1. The van der Waals surface area contributed by atoms with Crippen LogP contribution in [0.4, 0.5) is 8.78 Å². The van der Waals surface area contributed by atoms with Gasteiger partial charge in [-0.15, -0.1) is 0 Å². The Balaban J connectivity index is 1.39. The molecule has 176 valence electrons. The molecule has 4 aliphatic carbocycles. The molecule has 4 saturated carbocycles. The van der Waals surface area contributed by atoms with Crippen molar-refractivity contribution < 1.29 is 31.5 Å². The molecule has 4 bridgehead atoms. The summed E-state index contributed by atoms with van der Waals surface area (Å²) in [5.74, 6) is -5.58. The summed E-state index contributed by atoms with van der Waals surface area (Å²) < 4.78 is 61.2. The summed E-state index contributed by atoms with van der Waals surface area (Å²) in [6, 6.07) is 6.05. The molecule has 0 radical (unpaired) electrons. The van der Waals surface area contributed by atoms with Crippen LogP contribution in [0, 0.1) is 17.8 Å². The Morgan fingerprint density at radius 2 is 1.78 bits per heavy atom. The molecule has 5 rings (SSSR count). The average molecular weight is 470 g/mol. The van der Waals surface area contributed by atoms with Crippen molar-refractivity contribution in [3.63, 3.8) is 0 Å². The Kier molecular flexibility index (Phi) is 5.94. The second-order valence-corrected chi connectivity index (χ2v) is 11.5. The molecule has 4 aliphatic rings. The molecule has 0 saturated heterocycles. The molecule has 3 atom stereocenters. The van der Waals surface area contributed by atoms with Gasteiger partial charge in [0.25, 0.3) is 0 Å². The van der Waals surface area contributed by atoms with Crippen molar-refractivity contribution in [1.82, 2.24) is 4.72 Å². The van der Waals surface area contributed by atoms with E-state index in [0.717, 1.165) is 24.8 Å². The Morgan fingerprint density at radius 1 is 1.19 bits per heavy atom. The minimum atomic E-state index is -4.22. The standard InChI is InChI=1S/C23H29F2NO5S/c1-3-14(2)16-4-6-19(7-5-16)32(29,30)26-13-23(24,25)21(28)31-22-10-15-8-17(11-22)20(27)18(9-15)12-22/h4-7,14-15,17-18,26H,3,8-13H2,1-2H3. The fourth-order valence-corrected chi connectivity index (χ4v) is 6.66. The largest absolute Gasteiger partial charge is 0.455 e. The van der Waals surface area contributed by atoms with Gasteiger partial charge in [-0.25, -0.2) is 17.9 Å². The highest BCUT2D eigenvalue weighted by molar-refractivity contribution is 7.89. The summed E-state index contributed by atoms with van der Waals surface area (Å²) in [7, 11) is -4.22. The molecule has 0 spiro atoms. The fourth-order valence-electron chi connectivity index (χ4n) is 5.62. The first kappa shape index (κ1) is 23.3. The van der Waals surface area contributed by atoms with E-state index in [-0.39, 0.29) is 47.2 Å². The highest BCUT2D eigenvalue weighted by Crippen LogP contribution is 2.55. The predicted octanol–water partition coefficient (Wildman–Crippen LogP) is 3.80. The van der Waals surface area contributed by atoms with Crippen LogP contribution in [0.25, 0.3) is 0 Å². The zero-order valence-corrected chi connectivity index (χ0v) is 19.1. The summed E-state index contributed by atoms with van der Waals surface area (Å²) >= 11 is 0. The zero-order chi connectivity index (χ0) is 23.3. The smallest absolute Gasteiger partial charge is 0.378 e. The number of benzene rings is 1. The van der Waals surface area contributed by atoms with E-state index >= 15 is 0 Å². The first-order chi connectivity index (χ1) is 14.9. The highest BCUT2D eigenvalue weighted by atomic mass is 32.2. The minimum absolute atomic E-state index is 0.145. The van der Waals surface area contributed by atoms with Gasteiger partial charge >= 0.3 is 11.9 Å². The van der Waals surface area contributed by atoms with Gasteiger partial charge in [-0.2, -0.15) is 8.78 Å².